The van der Waals surface area contributed by atoms with Gasteiger partial charge in [-0.3, -0.25) is 4.39 Å². The summed E-state index contributed by atoms with van der Waals surface area (Å²) in [7, 11) is 2.75. The number of halogens is 1. The van der Waals surface area contributed by atoms with Crippen LogP contribution in [0, 0.1) is 14.0 Å². The largest absolute Gasteiger partial charge is 0.375 e. The first-order valence-corrected chi connectivity index (χ1v) is 3.99. The molecule has 1 rings (SSSR count). The highest BCUT2D eigenvalue weighted by Crippen LogP contribution is 2.14. The van der Waals surface area contributed by atoms with Crippen LogP contribution in [0.5, 0.6) is 0 Å². The third kappa shape index (κ3) is 8.11. The molecule has 1 aliphatic heterocycles. The predicted octanol–water partition coefficient (Wildman–Crippen LogP) is 0.0598. The number of ether oxygens (including phenoxy) is 1. The summed E-state index contributed by atoms with van der Waals surface area (Å²) in [6.45, 7) is 3.26. The van der Waals surface area contributed by atoms with Crippen LogP contribution >= 0.6 is 0 Å². The second-order valence-corrected chi connectivity index (χ2v) is 2.16. The van der Waals surface area contributed by atoms with Crippen molar-refractivity contribution in [1.82, 2.24) is 0 Å². The number of nitrogens with two attached hydrogens (primary N) is 2. The van der Waals surface area contributed by atoms with Gasteiger partial charge in [-0.25, -0.2) is 5.11 Å². The van der Waals surface area contributed by atoms with Crippen LogP contribution in [0.2, 0.25) is 0 Å². The van der Waals surface area contributed by atoms with Crippen molar-refractivity contribution in [3.8, 4) is 0 Å². The van der Waals surface area contributed by atoms with Gasteiger partial charge in [-0.1, -0.05) is 0 Å². The van der Waals surface area contributed by atoms with Crippen LogP contribution in [0.25, 0.3) is 0 Å². The zero-order chi connectivity index (χ0) is 10.7. The summed E-state index contributed by atoms with van der Waals surface area (Å²) in [4.78, 5) is 0. The Hall–Kier alpha value is -0.230. The molecule has 0 aliphatic carbocycles. The fourth-order valence-corrected chi connectivity index (χ4v) is 0.699. The maximum atomic E-state index is 10.6. The molecule has 4 N–H and O–H groups in total. The van der Waals surface area contributed by atoms with Crippen LogP contribution in [0.3, 0.4) is 0 Å². The van der Waals surface area contributed by atoms with Crippen LogP contribution in [-0.4, -0.2) is 32.0 Å². The van der Waals surface area contributed by atoms with Crippen molar-refractivity contribution in [2.24, 2.45) is 11.5 Å². The number of hydrogen-bond donors (Lipinski definition) is 2. The maximum absolute atomic E-state index is 10.6. The van der Waals surface area contributed by atoms with E-state index in [2.05, 4.69) is 19.7 Å². The Labute approximate surface area is 79.1 Å². The van der Waals surface area contributed by atoms with Gasteiger partial charge in [0, 0.05) is 20.2 Å². The van der Waals surface area contributed by atoms with E-state index in [4.69, 9.17) is 10.5 Å². The van der Waals surface area contributed by atoms with E-state index in [0.29, 0.717) is 0 Å². The van der Waals surface area contributed by atoms with Gasteiger partial charge in [0.25, 0.3) is 0 Å². The normalized spacial score (nSPS) is 21.2. The van der Waals surface area contributed by atoms with Crippen LogP contribution in [0.15, 0.2) is 0 Å². The van der Waals surface area contributed by atoms with Gasteiger partial charge in [-0.15, -0.1) is 0 Å². The quantitative estimate of drug-likeness (QED) is 0.650. The average Bonchev–Trinajstić information content (AvgIpc) is 2.06. The van der Waals surface area contributed by atoms with E-state index < -0.39 is 12.8 Å². The summed E-state index contributed by atoms with van der Waals surface area (Å²) >= 11 is 0. The molecule has 1 saturated heterocycles. The molecule has 2 unspecified atom stereocenters. The van der Waals surface area contributed by atoms with Crippen molar-refractivity contribution >= 4 is 0 Å². The van der Waals surface area contributed by atoms with Gasteiger partial charge < -0.3 is 16.2 Å². The van der Waals surface area contributed by atoms with Crippen molar-refractivity contribution in [1.29, 1.82) is 0 Å². The van der Waals surface area contributed by atoms with Gasteiger partial charge >= 0.3 is 0 Å². The standard InChI is InChI=1S/C5H10NO2.C2H4F.CH4N/c6-3-4(7)5-1-2-8-5;1-2-3;1-2/h4-5H,1-3,6H2;1-2H2;1-2H2. The molecule has 0 saturated carbocycles. The summed E-state index contributed by atoms with van der Waals surface area (Å²) in [5, 5.41) is 10.6. The lowest BCUT2D eigenvalue weighted by Gasteiger charge is -2.28. The third-order valence-electron chi connectivity index (χ3n) is 1.38. The zero-order valence-electron chi connectivity index (χ0n) is 7.75. The highest BCUT2D eigenvalue weighted by Gasteiger charge is 2.26. The Morgan fingerprint density at radius 3 is 2.08 bits per heavy atom. The highest BCUT2D eigenvalue weighted by molar-refractivity contribution is 4.75. The van der Waals surface area contributed by atoms with Crippen LogP contribution < -0.4 is 11.5 Å². The molecular weight excluding hydrogens is 175 g/mol. The van der Waals surface area contributed by atoms with E-state index in [1.54, 1.807) is 0 Å². The van der Waals surface area contributed by atoms with Crippen molar-refractivity contribution in [2.75, 3.05) is 19.8 Å². The van der Waals surface area contributed by atoms with E-state index in [1.165, 1.54) is 0 Å². The maximum Gasteiger partial charge on any atom is 0.131 e. The average molecular weight is 193 g/mol. The smallest absolute Gasteiger partial charge is 0.131 e. The van der Waals surface area contributed by atoms with Crippen molar-refractivity contribution in [2.45, 2.75) is 18.6 Å². The lowest BCUT2D eigenvalue weighted by molar-refractivity contribution is -0.132. The molecule has 4 nitrogen and oxygen atoms in total. The Morgan fingerprint density at radius 2 is 2.00 bits per heavy atom. The van der Waals surface area contributed by atoms with E-state index in [-0.39, 0.29) is 12.6 Å². The second kappa shape index (κ2) is 11.8. The lowest BCUT2D eigenvalue weighted by Crippen LogP contribution is -2.41. The van der Waals surface area contributed by atoms with Crippen molar-refractivity contribution in [3.63, 3.8) is 0 Å². The predicted molar refractivity (Wildman–Crippen MR) is 48.8 cm³/mol. The Morgan fingerprint density at radius 1 is 1.62 bits per heavy atom. The van der Waals surface area contributed by atoms with E-state index in [0.717, 1.165) is 13.0 Å². The molecule has 3 radical (unpaired) electrons. The molecule has 0 amide bonds. The summed E-state index contributed by atoms with van der Waals surface area (Å²) in [6.07, 6.45) is 0.120. The molecule has 0 aromatic carbocycles. The molecule has 1 heterocycles. The molecule has 1 aliphatic rings. The Kier molecular flexibility index (Phi) is 13.8. The molecule has 0 aromatic rings. The van der Waals surface area contributed by atoms with Gasteiger partial charge in [0.2, 0.25) is 0 Å². The second-order valence-electron chi connectivity index (χ2n) is 2.16. The molecule has 0 spiro atoms. The van der Waals surface area contributed by atoms with Gasteiger partial charge in [-0.05, 0) is 13.3 Å². The van der Waals surface area contributed by atoms with Crippen LogP contribution in [0.1, 0.15) is 6.42 Å². The molecule has 1 fully saturated rings. The molecule has 79 valence electrons. The van der Waals surface area contributed by atoms with Gasteiger partial charge in [0.1, 0.15) is 6.10 Å². The topological polar surface area (TPSA) is 81.2 Å². The van der Waals surface area contributed by atoms with Crippen molar-refractivity contribution in [3.05, 3.63) is 14.0 Å². The fraction of sp³-hybridized carbons (Fsp3) is 0.750. The van der Waals surface area contributed by atoms with Gasteiger partial charge in [-0.2, -0.15) is 0 Å². The number of rotatable bonds is 2. The Bertz CT molecular complexity index is 89.5. The minimum absolute atomic E-state index is 0.0833. The SMILES string of the molecule is NCC([O])C1CCO1.[CH2]CF.[CH2]N. The zero-order valence-corrected chi connectivity index (χ0v) is 7.75. The molecule has 0 aromatic heterocycles. The lowest BCUT2D eigenvalue weighted by atomic mass is 10.1. The number of alkyl halides is 1. The highest BCUT2D eigenvalue weighted by atomic mass is 19.1. The molecule has 2 atom stereocenters. The first-order chi connectivity index (χ1) is 6.26. The van der Waals surface area contributed by atoms with E-state index >= 15 is 0 Å². The summed E-state index contributed by atoms with van der Waals surface area (Å²) in [5.41, 5.74) is 9.34. The summed E-state index contributed by atoms with van der Waals surface area (Å²) < 4.78 is 15.1. The molecule has 5 heteroatoms. The van der Waals surface area contributed by atoms with E-state index in [1.807, 2.05) is 0 Å². The monoisotopic (exact) mass is 193 g/mol. The number of hydrogen-bond acceptors (Lipinski definition) is 3. The third-order valence-corrected chi connectivity index (χ3v) is 1.38. The summed E-state index contributed by atoms with van der Waals surface area (Å²) in [6, 6.07) is 0. The molecule has 13 heavy (non-hydrogen) atoms. The van der Waals surface area contributed by atoms with Gasteiger partial charge in [0.05, 0.1) is 12.8 Å². The molecular formula is C8H18FN2O2. The van der Waals surface area contributed by atoms with Crippen LogP contribution in [-0.2, 0) is 9.84 Å². The fourth-order valence-electron chi connectivity index (χ4n) is 0.699. The van der Waals surface area contributed by atoms with Crippen molar-refractivity contribution < 1.29 is 14.2 Å². The first-order valence-electron chi connectivity index (χ1n) is 3.99. The minimum Gasteiger partial charge on any atom is -0.375 e. The summed E-state index contributed by atoms with van der Waals surface area (Å²) in [5.74, 6) is 0. The molecule has 0 bridgehead atoms. The van der Waals surface area contributed by atoms with Crippen LogP contribution in [0.4, 0.5) is 4.39 Å². The minimum atomic E-state index is -0.691. The first kappa shape index (κ1) is 15.3. The van der Waals surface area contributed by atoms with E-state index in [9.17, 15) is 9.50 Å². The van der Waals surface area contributed by atoms with Gasteiger partial charge in [0.15, 0.2) is 0 Å². The Balaban J connectivity index is 0.